The second kappa shape index (κ2) is 4.91. The van der Waals surface area contributed by atoms with Crippen LogP contribution in [0.15, 0.2) is 12.3 Å². The van der Waals surface area contributed by atoms with Gasteiger partial charge in [-0.1, -0.05) is 6.92 Å². The highest BCUT2D eigenvalue weighted by molar-refractivity contribution is 5.35. The van der Waals surface area contributed by atoms with Gasteiger partial charge in [0.25, 0.3) is 0 Å². The summed E-state index contributed by atoms with van der Waals surface area (Å²) in [5.74, 6) is 2.24. The van der Waals surface area contributed by atoms with Gasteiger partial charge in [-0.15, -0.1) is 0 Å². The minimum absolute atomic E-state index is 0.482. The van der Waals surface area contributed by atoms with Crippen molar-refractivity contribution in [3.63, 3.8) is 0 Å². The Hall–Kier alpha value is -1.16. The van der Waals surface area contributed by atoms with Gasteiger partial charge in [-0.2, -0.15) is 0 Å². The molecule has 0 spiro atoms. The minimum atomic E-state index is 0.482. The predicted octanol–water partition coefficient (Wildman–Crippen LogP) is 0.816. The monoisotopic (exact) mass is 194 g/mol. The molecule has 0 aliphatic carbocycles. The summed E-state index contributed by atoms with van der Waals surface area (Å²) in [7, 11) is 2.02. The quantitative estimate of drug-likeness (QED) is 0.771. The van der Waals surface area contributed by atoms with E-state index in [1.807, 2.05) is 20.0 Å². The van der Waals surface area contributed by atoms with Crippen molar-refractivity contribution in [3.05, 3.63) is 18.1 Å². The van der Waals surface area contributed by atoms with Crippen molar-refractivity contribution in [2.75, 3.05) is 25.0 Å². The van der Waals surface area contributed by atoms with Crippen LogP contribution in [0.25, 0.3) is 0 Å². The fourth-order valence-corrected chi connectivity index (χ4v) is 1.29. The molecule has 1 heterocycles. The van der Waals surface area contributed by atoms with Gasteiger partial charge in [-0.25, -0.2) is 9.97 Å². The maximum atomic E-state index is 5.57. The van der Waals surface area contributed by atoms with E-state index in [1.54, 1.807) is 6.20 Å². The molecule has 14 heavy (non-hydrogen) atoms. The van der Waals surface area contributed by atoms with Crippen LogP contribution in [0.1, 0.15) is 12.7 Å². The summed E-state index contributed by atoms with van der Waals surface area (Å²) in [6, 6.07) is 1.91. The first-order valence-corrected chi connectivity index (χ1v) is 4.84. The van der Waals surface area contributed by atoms with E-state index in [0.717, 1.165) is 18.2 Å². The van der Waals surface area contributed by atoms with Crippen molar-refractivity contribution < 1.29 is 0 Å². The number of rotatable bonds is 4. The lowest BCUT2D eigenvalue weighted by atomic mass is 10.2. The molecule has 0 aliphatic rings. The molecule has 1 atom stereocenters. The largest absolute Gasteiger partial charge is 0.359 e. The highest BCUT2D eigenvalue weighted by Gasteiger charge is 2.06. The third kappa shape index (κ3) is 2.96. The van der Waals surface area contributed by atoms with E-state index < -0.39 is 0 Å². The maximum Gasteiger partial charge on any atom is 0.131 e. The van der Waals surface area contributed by atoms with Gasteiger partial charge in [-0.05, 0) is 25.5 Å². The topological polar surface area (TPSA) is 55.0 Å². The summed E-state index contributed by atoms with van der Waals surface area (Å²) in [5.41, 5.74) is 5.57. The summed E-state index contributed by atoms with van der Waals surface area (Å²) >= 11 is 0. The standard InChI is InChI=1S/C10H18N4/c1-8(6-11)7-14(3)10-4-5-12-9(2)13-10/h4-5,8H,6-7,11H2,1-3H3. The number of aryl methyl sites for hydroxylation is 1. The van der Waals surface area contributed by atoms with Crippen molar-refractivity contribution in [2.45, 2.75) is 13.8 Å². The van der Waals surface area contributed by atoms with E-state index in [4.69, 9.17) is 5.73 Å². The number of hydrogen-bond acceptors (Lipinski definition) is 4. The normalized spacial score (nSPS) is 12.6. The van der Waals surface area contributed by atoms with Gasteiger partial charge in [0.15, 0.2) is 0 Å². The summed E-state index contributed by atoms with van der Waals surface area (Å²) in [6.07, 6.45) is 1.78. The number of nitrogens with zero attached hydrogens (tertiary/aromatic N) is 3. The van der Waals surface area contributed by atoms with Crippen LogP contribution < -0.4 is 10.6 Å². The minimum Gasteiger partial charge on any atom is -0.359 e. The van der Waals surface area contributed by atoms with Crippen LogP contribution in [0, 0.1) is 12.8 Å². The third-order valence-electron chi connectivity index (χ3n) is 2.14. The van der Waals surface area contributed by atoms with Gasteiger partial charge >= 0.3 is 0 Å². The molecule has 0 aliphatic heterocycles. The molecule has 0 aromatic carbocycles. The Labute approximate surface area is 85.2 Å². The van der Waals surface area contributed by atoms with Crippen molar-refractivity contribution in [2.24, 2.45) is 11.7 Å². The number of anilines is 1. The van der Waals surface area contributed by atoms with E-state index in [2.05, 4.69) is 21.8 Å². The van der Waals surface area contributed by atoms with Crippen LogP contribution in [-0.4, -0.2) is 30.1 Å². The Morgan fingerprint density at radius 1 is 1.57 bits per heavy atom. The first-order chi connectivity index (χ1) is 6.63. The lowest BCUT2D eigenvalue weighted by Crippen LogP contribution is -2.28. The van der Waals surface area contributed by atoms with Crippen molar-refractivity contribution in [1.82, 2.24) is 9.97 Å². The van der Waals surface area contributed by atoms with Crippen LogP contribution >= 0.6 is 0 Å². The molecule has 1 unspecified atom stereocenters. The molecule has 0 saturated carbocycles. The predicted molar refractivity (Wildman–Crippen MR) is 58.3 cm³/mol. The van der Waals surface area contributed by atoms with Gasteiger partial charge in [-0.3, -0.25) is 0 Å². The summed E-state index contributed by atoms with van der Waals surface area (Å²) in [4.78, 5) is 10.5. The van der Waals surface area contributed by atoms with E-state index in [1.165, 1.54) is 0 Å². The fraction of sp³-hybridized carbons (Fsp3) is 0.600. The van der Waals surface area contributed by atoms with Gasteiger partial charge in [0, 0.05) is 19.8 Å². The van der Waals surface area contributed by atoms with Crippen LogP contribution in [0.5, 0.6) is 0 Å². The number of aromatic nitrogens is 2. The first kappa shape index (κ1) is 10.9. The summed E-state index contributed by atoms with van der Waals surface area (Å²) in [5, 5.41) is 0. The molecule has 0 bridgehead atoms. The SMILES string of the molecule is Cc1nccc(N(C)CC(C)CN)n1. The van der Waals surface area contributed by atoms with Gasteiger partial charge in [0.2, 0.25) is 0 Å². The fourth-order valence-electron chi connectivity index (χ4n) is 1.29. The molecule has 0 amide bonds. The Kier molecular flexibility index (Phi) is 3.83. The molecule has 1 aromatic heterocycles. The zero-order valence-corrected chi connectivity index (χ0v) is 9.07. The lowest BCUT2D eigenvalue weighted by molar-refractivity contribution is 0.587. The number of nitrogens with two attached hydrogens (primary N) is 1. The molecule has 1 rings (SSSR count). The van der Waals surface area contributed by atoms with Gasteiger partial charge in [0.1, 0.15) is 11.6 Å². The van der Waals surface area contributed by atoms with Crippen molar-refractivity contribution >= 4 is 5.82 Å². The van der Waals surface area contributed by atoms with Crippen LogP contribution in [0.3, 0.4) is 0 Å². The molecular weight excluding hydrogens is 176 g/mol. The summed E-state index contributed by atoms with van der Waals surface area (Å²) < 4.78 is 0. The second-order valence-corrected chi connectivity index (χ2v) is 3.68. The van der Waals surface area contributed by atoms with Crippen LogP contribution in [0.4, 0.5) is 5.82 Å². The first-order valence-electron chi connectivity index (χ1n) is 4.84. The zero-order valence-electron chi connectivity index (χ0n) is 9.07. The van der Waals surface area contributed by atoms with Crippen LogP contribution in [0.2, 0.25) is 0 Å². The molecular formula is C10H18N4. The van der Waals surface area contributed by atoms with Crippen LogP contribution in [-0.2, 0) is 0 Å². The van der Waals surface area contributed by atoms with E-state index in [-0.39, 0.29) is 0 Å². The number of hydrogen-bond donors (Lipinski definition) is 1. The van der Waals surface area contributed by atoms with E-state index in [0.29, 0.717) is 12.5 Å². The highest BCUT2D eigenvalue weighted by Crippen LogP contribution is 2.09. The van der Waals surface area contributed by atoms with Gasteiger partial charge in [0.05, 0.1) is 0 Å². The molecule has 78 valence electrons. The average molecular weight is 194 g/mol. The summed E-state index contributed by atoms with van der Waals surface area (Å²) in [6.45, 7) is 5.65. The highest BCUT2D eigenvalue weighted by atomic mass is 15.2. The van der Waals surface area contributed by atoms with Crippen molar-refractivity contribution in [1.29, 1.82) is 0 Å². The molecule has 1 aromatic rings. The molecule has 0 fully saturated rings. The zero-order chi connectivity index (χ0) is 10.6. The van der Waals surface area contributed by atoms with Gasteiger partial charge < -0.3 is 10.6 Å². The maximum absolute atomic E-state index is 5.57. The Morgan fingerprint density at radius 3 is 2.86 bits per heavy atom. The Morgan fingerprint density at radius 2 is 2.29 bits per heavy atom. The van der Waals surface area contributed by atoms with Crippen molar-refractivity contribution in [3.8, 4) is 0 Å². The second-order valence-electron chi connectivity index (χ2n) is 3.68. The molecule has 0 saturated heterocycles. The smallest absolute Gasteiger partial charge is 0.131 e. The molecule has 0 radical (unpaired) electrons. The lowest BCUT2D eigenvalue weighted by Gasteiger charge is -2.21. The van der Waals surface area contributed by atoms with E-state index >= 15 is 0 Å². The Balaban J connectivity index is 2.64. The Bertz CT molecular complexity index is 287. The van der Waals surface area contributed by atoms with E-state index in [9.17, 15) is 0 Å². The molecule has 4 nitrogen and oxygen atoms in total. The average Bonchev–Trinajstić information content (AvgIpc) is 2.17. The molecule has 4 heteroatoms. The third-order valence-corrected chi connectivity index (χ3v) is 2.14. The molecule has 2 N–H and O–H groups in total.